The van der Waals surface area contributed by atoms with E-state index in [0.29, 0.717) is 13.1 Å². The molecule has 0 amide bonds. The summed E-state index contributed by atoms with van der Waals surface area (Å²) < 4.78 is 29.5. The summed E-state index contributed by atoms with van der Waals surface area (Å²) in [6, 6.07) is 15.6. The fourth-order valence-electron chi connectivity index (χ4n) is 3.41. The molecule has 2 aromatic rings. The van der Waals surface area contributed by atoms with Gasteiger partial charge in [0.1, 0.15) is 0 Å². The van der Waals surface area contributed by atoms with E-state index in [0.717, 1.165) is 41.8 Å². The van der Waals surface area contributed by atoms with E-state index in [1.165, 1.54) is 0 Å². The van der Waals surface area contributed by atoms with Gasteiger partial charge in [-0.2, -0.15) is 8.42 Å². The molecule has 0 saturated heterocycles. The quantitative estimate of drug-likeness (QED) is 0.855. The standard InChI is InChI=1S/C17H18N2O2S/c20-22(21,19-13-11-15-7-2-4-10-17(15)19)18-12-5-8-14-6-1-3-9-16(14)18/h1-4,6-7,9-10H,5,8,11-13H2. The lowest BCUT2D eigenvalue weighted by atomic mass is 10.0. The highest BCUT2D eigenvalue weighted by Crippen LogP contribution is 2.35. The van der Waals surface area contributed by atoms with E-state index in [1.54, 1.807) is 8.61 Å². The highest BCUT2D eigenvalue weighted by Gasteiger charge is 2.36. The predicted molar refractivity (Wildman–Crippen MR) is 88.5 cm³/mol. The van der Waals surface area contributed by atoms with Crippen LogP contribution in [0.1, 0.15) is 17.5 Å². The molecule has 0 atom stereocenters. The number of hydrogen-bond donors (Lipinski definition) is 0. The van der Waals surface area contributed by atoms with Gasteiger partial charge >= 0.3 is 10.2 Å². The van der Waals surface area contributed by atoms with Crippen LogP contribution in [0.5, 0.6) is 0 Å². The Hall–Kier alpha value is -2.01. The van der Waals surface area contributed by atoms with Crippen molar-refractivity contribution in [1.82, 2.24) is 0 Å². The van der Waals surface area contributed by atoms with Crippen molar-refractivity contribution in [3.8, 4) is 0 Å². The summed E-state index contributed by atoms with van der Waals surface area (Å²) in [5.41, 5.74) is 3.88. The van der Waals surface area contributed by atoms with Crippen molar-refractivity contribution in [2.75, 3.05) is 21.7 Å². The molecule has 0 bridgehead atoms. The highest BCUT2D eigenvalue weighted by atomic mass is 32.2. The summed E-state index contributed by atoms with van der Waals surface area (Å²) in [7, 11) is -3.52. The lowest BCUT2D eigenvalue weighted by Gasteiger charge is -2.34. The van der Waals surface area contributed by atoms with Crippen LogP contribution < -0.4 is 8.61 Å². The highest BCUT2D eigenvalue weighted by molar-refractivity contribution is 7.94. The van der Waals surface area contributed by atoms with Crippen LogP contribution in [0, 0.1) is 0 Å². The van der Waals surface area contributed by atoms with Gasteiger partial charge in [0.25, 0.3) is 0 Å². The Bertz CT molecular complexity index is 817. The number of para-hydroxylation sites is 2. The third kappa shape index (κ3) is 2.00. The van der Waals surface area contributed by atoms with Gasteiger partial charge in [-0.3, -0.25) is 8.61 Å². The predicted octanol–water partition coefficient (Wildman–Crippen LogP) is 2.75. The van der Waals surface area contributed by atoms with E-state index < -0.39 is 10.2 Å². The molecule has 4 rings (SSSR count). The van der Waals surface area contributed by atoms with Crippen molar-refractivity contribution in [3.05, 3.63) is 59.7 Å². The number of anilines is 2. The molecule has 0 unspecified atom stereocenters. The zero-order valence-electron chi connectivity index (χ0n) is 12.3. The maximum atomic E-state index is 13.2. The minimum absolute atomic E-state index is 0.528. The summed E-state index contributed by atoms with van der Waals surface area (Å²) in [6.07, 6.45) is 2.59. The Labute approximate surface area is 131 Å². The molecule has 5 heteroatoms. The Morgan fingerprint density at radius 3 is 1.95 bits per heavy atom. The van der Waals surface area contributed by atoms with Gasteiger partial charge in [0, 0.05) is 13.1 Å². The molecule has 2 aromatic carbocycles. The Kier molecular flexibility index (Phi) is 3.11. The second-order valence-corrected chi connectivity index (χ2v) is 7.54. The summed E-state index contributed by atoms with van der Waals surface area (Å²) in [5.74, 6) is 0. The van der Waals surface area contributed by atoms with E-state index in [-0.39, 0.29) is 0 Å². The number of hydrogen-bond acceptors (Lipinski definition) is 2. The lowest BCUT2D eigenvalue weighted by Crippen LogP contribution is -2.45. The second-order valence-electron chi connectivity index (χ2n) is 5.76. The number of fused-ring (bicyclic) bond motifs is 2. The van der Waals surface area contributed by atoms with Gasteiger partial charge in [0.15, 0.2) is 0 Å². The first-order chi connectivity index (χ1) is 10.7. The SMILES string of the molecule is O=S(=O)(N1CCCc2ccccc21)N1CCc2ccccc21. The first-order valence-electron chi connectivity index (χ1n) is 7.64. The van der Waals surface area contributed by atoms with Gasteiger partial charge in [-0.1, -0.05) is 36.4 Å². The molecule has 0 saturated carbocycles. The molecule has 0 radical (unpaired) electrons. The Morgan fingerprint density at radius 2 is 1.27 bits per heavy atom. The fourth-order valence-corrected chi connectivity index (χ4v) is 5.18. The van der Waals surface area contributed by atoms with Crippen LogP contribution in [-0.2, 0) is 23.1 Å². The van der Waals surface area contributed by atoms with Gasteiger partial charge in [0.2, 0.25) is 0 Å². The van der Waals surface area contributed by atoms with Gasteiger partial charge in [-0.05, 0) is 42.5 Å². The van der Waals surface area contributed by atoms with Gasteiger partial charge in [-0.15, -0.1) is 0 Å². The molecule has 114 valence electrons. The number of benzene rings is 2. The summed E-state index contributed by atoms with van der Waals surface area (Å²) >= 11 is 0. The topological polar surface area (TPSA) is 40.6 Å². The summed E-state index contributed by atoms with van der Waals surface area (Å²) in [5, 5.41) is 0. The fraction of sp³-hybridized carbons (Fsp3) is 0.294. The number of rotatable bonds is 2. The summed E-state index contributed by atoms with van der Waals surface area (Å²) in [6.45, 7) is 1.08. The maximum absolute atomic E-state index is 13.2. The first kappa shape index (κ1) is 13.6. The zero-order chi connectivity index (χ0) is 15.2. The van der Waals surface area contributed by atoms with Crippen LogP contribution >= 0.6 is 0 Å². The van der Waals surface area contributed by atoms with Crippen LogP contribution in [0.15, 0.2) is 48.5 Å². The van der Waals surface area contributed by atoms with Crippen molar-refractivity contribution >= 4 is 21.6 Å². The lowest BCUT2D eigenvalue weighted by molar-refractivity contribution is 0.583. The molecule has 0 aromatic heterocycles. The molecule has 0 N–H and O–H groups in total. The third-order valence-electron chi connectivity index (χ3n) is 4.47. The van der Waals surface area contributed by atoms with Crippen LogP contribution in [0.2, 0.25) is 0 Å². The maximum Gasteiger partial charge on any atom is 0.326 e. The molecule has 0 spiro atoms. The molecule has 22 heavy (non-hydrogen) atoms. The smallest absolute Gasteiger partial charge is 0.253 e. The average molecular weight is 314 g/mol. The minimum atomic E-state index is -3.52. The van der Waals surface area contributed by atoms with Crippen LogP contribution in [0.3, 0.4) is 0 Å². The normalized spacial score (nSPS) is 17.3. The number of nitrogens with zero attached hydrogens (tertiary/aromatic N) is 2. The molecular formula is C17H18N2O2S. The van der Waals surface area contributed by atoms with Crippen LogP contribution in [0.25, 0.3) is 0 Å². The minimum Gasteiger partial charge on any atom is -0.253 e. The molecule has 4 nitrogen and oxygen atoms in total. The Balaban J connectivity index is 1.77. The van der Waals surface area contributed by atoms with Crippen molar-refractivity contribution in [1.29, 1.82) is 0 Å². The Morgan fingerprint density at radius 1 is 0.727 bits per heavy atom. The average Bonchev–Trinajstić information content (AvgIpc) is 2.99. The summed E-state index contributed by atoms with van der Waals surface area (Å²) in [4.78, 5) is 0. The largest absolute Gasteiger partial charge is 0.326 e. The molecule has 2 aliphatic rings. The first-order valence-corrected chi connectivity index (χ1v) is 9.04. The monoisotopic (exact) mass is 314 g/mol. The van der Waals surface area contributed by atoms with E-state index in [4.69, 9.17) is 0 Å². The van der Waals surface area contributed by atoms with Crippen molar-refractivity contribution in [2.24, 2.45) is 0 Å². The van der Waals surface area contributed by atoms with Crippen LogP contribution in [0.4, 0.5) is 11.4 Å². The van der Waals surface area contributed by atoms with Gasteiger partial charge < -0.3 is 0 Å². The van der Waals surface area contributed by atoms with E-state index in [9.17, 15) is 8.42 Å². The van der Waals surface area contributed by atoms with Crippen LogP contribution in [-0.4, -0.2) is 21.5 Å². The number of aryl methyl sites for hydroxylation is 1. The van der Waals surface area contributed by atoms with Crippen molar-refractivity contribution < 1.29 is 8.42 Å². The van der Waals surface area contributed by atoms with Crippen molar-refractivity contribution in [3.63, 3.8) is 0 Å². The second kappa shape index (κ2) is 5.02. The van der Waals surface area contributed by atoms with E-state index in [2.05, 4.69) is 0 Å². The van der Waals surface area contributed by atoms with Gasteiger partial charge in [0.05, 0.1) is 11.4 Å². The van der Waals surface area contributed by atoms with Crippen molar-refractivity contribution in [2.45, 2.75) is 19.3 Å². The zero-order valence-corrected chi connectivity index (χ0v) is 13.1. The molecular weight excluding hydrogens is 296 g/mol. The molecule has 2 aliphatic heterocycles. The van der Waals surface area contributed by atoms with Gasteiger partial charge in [-0.25, -0.2) is 0 Å². The van der Waals surface area contributed by atoms with E-state index in [1.807, 2.05) is 48.5 Å². The third-order valence-corrected chi connectivity index (χ3v) is 6.34. The molecule has 0 fully saturated rings. The van der Waals surface area contributed by atoms with E-state index >= 15 is 0 Å². The molecule has 0 aliphatic carbocycles. The molecule has 2 heterocycles.